The zero-order valence-corrected chi connectivity index (χ0v) is 19.3. The second kappa shape index (κ2) is 11.2. The van der Waals surface area contributed by atoms with Crippen molar-refractivity contribution in [2.24, 2.45) is 0 Å². The number of nitrogens with zero attached hydrogens (tertiary/aromatic N) is 1. The molecule has 1 aliphatic rings. The quantitative estimate of drug-likeness (QED) is 0.505. The van der Waals surface area contributed by atoms with E-state index < -0.39 is 0 Å². The van der Waals surface area contributed by atoms with Gasteiger partial charge in [0.15, 0.2) is 0 Å². The minimum atomic E-state index is -0.0575. The molecule has 2 heterocycles. The molecule has 0 atom stereocenters. The number of carbonyl (C=O) groups is 1. The molecule has 1 aliphatic heterocycles. The van der Waals surface area contributed by atoms with Crippen LogP contribution in [0.15, 0.2) is 53.1 Å². The van der Waals surface area contributed by atoms with Crippen LogP contribution in [0.5, 0.6) is 11.5 Å². The predicted octanol–water partition coefficient (Wildman–Crippen LogP) is 3.79. The van der Waals surface area contributed by atoms with E-state index in [1.54, 1.807) is 13.4 Å². The van der Waals surface area contributed by atoms with E-state index in [0.29, 0.717) is 24.8 Å². The molecular weight excluding hydrogens is 420 g/mol. The molecule has 7 heteroatoms. The Labute approximate surface area is 194 Å². The highest BCUT2D eigenvalue weighted by Crippen LogP contribution is 2.26. The second-order valence-corrected chi connectivity index (χ2v) is 8.40. The van der Waals surface area contributed by atoms with Gasteiger partial charge in [-0.25, -0.2) is 0 Å². The summed E-state index contributed by atoms with van der Waals surface area (Å²) in [6, 6.07) is 14.0. The highest BCUT2D eigenvalue weighted by molar-refractivity contribution is 5.88. The van der Waals surface area contributed by atoms with E-state index >= 15 is 0 Å². The monoisotopic (exact) mass is 452 g/mol. The van der Waals surface area contributed by atoms with Gasteiger partial charge in [-0.1, -0.05) is 12.1 Å². The van der Waals surface area contributed by atoms with Crippen molar-refractivity contribution in [3.05, 3.63) is 59.9 Å². The van der Waals surface area contributed by atoms with Gasteiger partial charge in [0.25, 0.3) is 0 Å². The number of nitrogens with one attached hydrogen (secondary N) is 1. The van der Waals surface area contributed by atoms with Gasteiger partial charge in [0.1, 0.15) is 23.7 Å². The Bertz CT molecular complexity index is 1060. The van der Waals surface area contributed by atoms with Crippen LogP contribution in [0.3, 0.4) is 0 Å². The van der Waals surface area contributed by atoms with Gasteiger partial charge in [-0.3, -0.25) is 9.69 Å². The van der Waals surface area contributed by atoms with Crippen LogP contribution in [-0.4, -0.2) is 57.4 Å². The lowest BCUT2D eigenvalue weighted by molar-refractivity contribution is -0.120. The zero-order valence-electron chi connectivity index (χ0n) is 19.3. The smallest absolute Gasteiger partial charge is 0.224 e. The summed E-state index contributed by atoms with van der Waals surface area (Å²) in [6.07, 6.45) is 4.05. The number of ether oxygens (including phenoxy) is 3. The molecule has 0 bridgehead atoms. The van der Waals surface area contributed by atoms with Crippen LogP contribution in [0.4, 0.5) is 0 Å². The molecular formula is C26H32N2O5. The first-order valence-corrected chi connectivity index (χ1v) is 11.4. The molecule has 0 radical (unpaired) electrons. The van der Waals surface area contributed by atoms with Crippen LogP contribution >= 0.6 is 0 Å². The average molecular weight is 453 g/mol. The Balaban J connectivity index is 1.24. The van der Waals surface area contributed by atoms with Crippen molar-refractivity contribution < 1.29 is 23.4 Å². The first-order valence-electron chi connectivity index (χ1n) is 11.4. The van der Waals surface area contributed by atoms with Crippen molar-refractivity contribution >= 4 is 16.9 Å². The largest absolute Gasteiger partial charge is 0.497 e. The van der Waals surface area contributed by atoms with Gasteiger partial charge in [-0.15, -0.1) is 0 Å². The second-order valence-electron chi connectivity index (χ2n) is 8.40. The van der Waals surface area contributed by atoms with Crippen molar-refractivity contribution in [3.8, 4) is 11.5 Å². The number of likely N-dealkylation sites (N-methyl/N-ethyl adjacent to an activating group) is 1. The molecule has 7 nitrogen and oxygen atoms in total. The van der Waals surface area contributed by atoms with Crippen LogP contribution in [0.2, 0.25) is 0 Å². The van der Waals surface area contributed by atoms with E-state index in [-0.39, 0.29) is 12.3 Å². The van der Waals surface area contributed by atoms with Crippen LogP contribution < -0.4 is 14.8 Å². The zero-order chi connectivity index (χ0) is 23.0. The van der Waals surface area contributed by atoms with E-state index in [4.69, 9.17) is 18.6 Å². The van der Waals surface area contributed by atoms with Crippen LogP contribution in [-0.2, 0) is 22.5 Å². The summed E-state index contributed by atoms with van der Waals surface area (Å²) in [6.45, 7) is 3.63. The van der Waals surface area contributed by atoms with Crippen LogP contribution in [0.1, 0.15) is 24.0 Å². The molecule has 33 heavy (non-hydrogen) atoms. The third-order valence-electron chi connectivity index (χ3n) is 6.13. The van der Waals surface area contributed by atoms with Gasteiger partial charge in [0.05, 0.1) is 19.8 Å². The van der Waals surface area contributed by atoms with Crippen molar-refractivity contribution in [2.75, 3.05) is 40.5 Å². The molecule has 1 saturated heterocycles. The summed E-state index contributed by atoms with van der Waals surface area (Å²) in [5.74, 6) is 1.49. The van der Waals surface area contributed by atoms with E-state index in [9.17, 15) is 4.79 Å². The molecule has 0 unspecified atom stereocenters. The molecule has 0 saturated carbocycles. The fraction of sp³-hybridized carbons (Fsp3) is 0.423. The number of carbonyl (C=O) groups excluding carboxylic acids is 1. The lowest BCUT2D eigenvalue weighted by Crippen LogP contribution is -2.38. The van der Waals surface area contributed by atoms with Crippen LogP contribution in [0.25, 0.3) is 11.0 Å². The van der Waals surface area contributed by atoms with Crippen molar-refractivity contribution in [1.82, 2.24) is 10.2 Å². The van der Waals surface area contributed by atoms with Gasteiger partial charge < -0.3 is 23.9 Å². The van der Waals surface area contributed by atoms with Crippen molar-refractivity contribution in [2.45, 2.75) is 31.8 Å². The molecule has 176 valence electrons. The maximum Gasteiger partial charge on any atom is 0.224 e. The number of amides is 1. The third-order valence-corrected chi connectivity index (χ3v) is 6.13. The first kappa shape index (κ1) is 23.1. The van der Waals surface area contributed by atoms with E-state index in [2.05, 4.69) is 17.3 Å². The summed E-state index contributed by atoms with van der Waals surface area (Å²) >= 11 is 0. The minimum Gasteiger partial charge on any atom is -0.497 e. The van der Waals surface area contributed by atoms with Gasteiger partial charge in [-0.05, 0) is 49.7 Å². The van der Waals surface area contributed by atoms with Gasteiger partial charge in [0.2, 0.25) is 5.91 Å². The first-order chi connectivity index (χ1) is 16.1. The highest BCUT2D eigenvalue weighted by atomic mass is 16.5. The van der Waals surface area contributed by atoms with Crippen molar-refractivity contribution in [3.63, 3.8) is 0 Å². The lowest BCUT2D eigenvalue weighted by Gasteiger charge is -2.31. The van der Waals surface area contributed by atoms with Crippen LogP contribution in [0, 0.1) is 0 Å². The number of benzene rings is 2. The number of methoxy groups -OCH3 is 1. The predicted molar refractivity (Wildman–Crippen MR) is 127 cm³/mol. The lowest BCUT2D eigenvalue weighted by atomic mass is 10.1. The number of fused-ring (bicyclic) bond motifs is 1. The van der Waals surface area contributed by atoms with Crippen molar-refractivity contribution in [1.29, 1.82) is 0 Å². The fourth-order valence-corrected chi connectivity index (χ4v) is 4.12. The summed E-state index contributed by atoms with van der Waals surface area (Å²) in [7, 11) is 3.76. The Kier molecular flexibility index (Phi) is 7.86. The Morgan fingerprint density at radius 1 is 1.15 bits per heavy atom. The normalized spacial score (nSPS) is 14.5. The third kappa shape index (κ3) is 6.27. The Morgan fingerprint density at radius 2 is 2.00 bits per heavy atom. The van der Waals surface area contributed by atoms with Gasteiger partial charge in [-0.2, -0.15) is 0 Å². The molecule has 1 N–H and O–H groups in total. The Morgan fingerprint density at radius 3 is 2.82 bits per heavy atom. The molecule has 0 aliphatic carbocycles. The maximum absolute atomic E-state index is 12.5. The number of hydrogen-bond acceptors (Lipinski definition) is 6. The maximum atomic E-state index is 12.5. The molecule has 1 aromatic heterocycles. The standard InChI is InChI=1S/C26H32N2O5/c1-28(21-8-11-31-12-9-21)10-13-32-23-5-3-4-19(14-23)17-27-26(29)15-20-18-33-25-16-22(30-2)6-7-24(20)25/h3-7,14,16,18,21H,8-13,15,17H2,1-2H3,(H,27,29). The summed E-state index contributed by atoms with van der Waals surface area (Å²) in [5, 5.41) is 3.91. The fourth-order valence-electron chi connectivity index (χ4n) is 4.12. The molecule has 3 aromatic rings. The number of furan rings is 1. The highest BCUT2D eigenvalue weighted by Gasteiger charge is 2.18. The SMILES string of the molecule is COc1ccc2c(CC(=O)NCc3cccc(OCCN(C)C4CCOCC4)c3)coc2c1. The van der Waals surface area contributed by atoms with E-state index in [1.807, 2.05) is 42.5 Å². The van der Waals surface area contributed by atoms with Gasteiger partial charge in [0, 0.05) is 49.4 Å². The number of hydrogen-bond donors (Lipinski definition) is 1. The molecule has 2 aromatic carbocycles. The number of rotatable bonds is 10. The van der Waals surface area contributed by atoms with E-state index in [1.165, 1.54) is 0 Å². The van der Waals surface area contributed by atoms with Gasteiger partial charge >= 0.3 is 0 Å². The summed E-state index contributed by atoms with van der Waals surface area (Å²) < 4.78 is 22.2. The molecule has 1 fully saturated rings. The minimum absolute atomic E-state index is 0.0575. The Hall–Kier alpha value is -3.03. The average Bonchev–Trinajstić information content (AvgIpc) is 3.25. The molecule has 0 spiro atoms. The molecule has 4 rings (SSSR count). The topological polar surface area (TPSA) is 73.2 Å². The molecule has 1 amide bonds. The van der Waals surface area contributed by atoms with E-state index in [0.717, 1.165) is 60.6 Å². The summed E-state index contributed by atoms with van der Waals surface area (Å²) in [5.41, 5.74) is 2.57. The summed E-state index contributed by atoms with van der Waals surface area (Å²) in [4.78, 5) is 14.9.